The second kappa shape index (κ2) is 7.49. The van der Waals surface area contributed by atoms with Crippen LogP contribution in [0.4, 0.5) is 18.9 Å². The number of fused-ring (bicyclic) bond motifs is 2. The highest BCUT2D eigenvalue weighted by Gasteiger charge is 2.60. The summed E-state index contributed by atoms with van der Waals surface area (Å²) >= 11 is 0. The Bertz CT molecular complexity index is 1220. The van der Waals surface area contributed by atoms with Gasteiger partial charge >= 0.3 is 11.8 Å². The topological polar surface area (TPSA) is 92.4 Å². The Kier molecular flexibility index (Phi) is 5.09. The van der Waals surface area contributed by atoms with E-state index in [0.717, 1.165) is 11.1 Å². The number of hydrogen-bond acceptors (Lipinski definition) is 5. The fourth-order valence-corrected chi connectivity index (χ4v) is 4.09. The summed E-state index contributed by atoms with van der Waals surface area (Å²) < 4.78 is 46.3. The third-order valence-corrected chi connectivity index (χ3v) is 5.80. The van der Waals surface area contributed by atoms with E-state index in [2.05, 4.69) is 15.0 Å². The molecule has 1 heterocycles. The minimum absolute atomic E-state index is 0.00231. The molecule has 4 rings (SSSR count). The second-order valence-corrected chi connectivity index (χ2v) is 7.77. The van der Waals surface area contributed by atoms with Gasteiger partial charge in [0.05, 0.1) is 11.1 Å². The van der Waals surface area contributed by atoms with Gasteiger partial charge in [-0.15, -0.1) is 0 Å². The van der Waals surface area contributed by atoms with Gasteiger partial charge in [-0.25, -0.2) is 4.79 Å². The summed E-state index contributed by atoms with van der Waals surface area (Å²) in [7, 11) is 0. The average Bonchev–Trinajstić information content (AvgIpc) is 3.13. The van der Waals surface area contributed by atoms with Crippen molar-refractivity contribution in [3.8, 4) is 0 Å². The third kappa shape index (κ3) is 3.69. The van der Waals surface area contributed by atoms with Gasteiger partial charge in [-0.1, -0.05) is 29.4 Å². The van der Waals surface area contributed by atoms with E-state index in [0.29, 0.717) is 23.9 Å². The van der Waals surface area contributed by atoms with Crippen molar-refractivity contribution in [1.82, 2.24) is 5.16 Å². The van der Waals surface area contributed by atoms with E-state index in [9.17, 15) is 27.9 Å². The van der Waals surface area contributed by atoms with Gasteiger partial charge in [0.15, 0.2) is 0 Å². The number of amides is 1. The van der Waals surface area contributed by atoms with E-state index in [4.69, 9.17) is 0 Å². The highest BCUT2D eigenvalue weighted by atomic mass is 19.4. The fraction of sp³-hybridized carbons (Fsp3) is 0.318. The monoisotopic (exact) mass is 432 g/mol. The number of carbonyl (C=O) groups excluding carboxylic acids is 1. The van der Waals surface area contributed by atoms with Crippen LogP contribution in [0.1, 0.15) is 35.6 Å². The maximum absolute atomic E-state index is 13.9. The lowest BCUT2D eigenvalue weighted by molar-refractivity contribution is -0.252. The molecule has 1 aromatic heterocycles. The lowest BCUT2D eigenvalue weighted by Crippen LogP contribution is -2.55. The highest BCUT2D eigenvalue weighted by molar-refractivity contribution is 5.99. The van der Waals surface area contributed by atoms with Crippen molar-refractivity contribution in [2.45, 2.75) is 43.9 Å². The smallest absolute Gasteiger partial charge is 0.373 e. The molecule has 2 atom stereocenters. The van der Waals surface area contributed by atoms with Crippen LogP contribution in [0.25, 0.3) is 10.8 Å². The average molecular weight is 432 g/mol. The van der Waals surface area contributed by atoms with Crippen molar-refractivity contribution in [1.29, 1.82) is 0 Å². The summed E-state index contributed by atoms with van der Waals surface area (Å²) in [4.78, 5) is 24.4. The zero-order valence-electron chi connectivity index (χ0n) is 16.5. The molecule has 1 aliphatic rings. The van der Waals surface area contributed by atoms with E-state index in [1.807, 2.05) is 6.07 Å². The molecule has 2 unspecified atom stereocenters. The maximum Gasteiger partial charge on any atom is 0.426 e. The van der Waals surface area contributed by atoms with E-state index in [1.54, 1.807) is 25.1 Å². The lowest BCUT2D eigenvalue weighted by Gasteiger charge is -2.31. The molecule has 0 fully saturated rings. The van der Waals surface area contributed by atoms with Crippen molar-refractivity contribution in [3.05, 3.63) is 69.7 Å². The minimum atomic E-state index is -5.18. The molecular weight excluding hydrogens is 413 g/mol. The fourth-order valence-electron chi connectivity index (χ4n) is 4.09. The van der Waals surface area contributed by atoms with Crippen LogP contribution in [0.15, 0.2) is 51.8 Å². The van der Waals surface area contributed by atoms with Gasteiger partial charge in [-0.2, -0.15) is 13.2 Å². The number of anilines is 1. The predicted octanol–water partition coefficient (Wildman–Crippen LogP) is 3.85. The first-order valence-electron chi connectivity index (χ1n) is 9.69. The molecule has 2 aromatic carbocycles. The van der Waals surface area contributed by atoms with Crippen molar-refractivity contribution >= 4 is 22.4 Å². The zero-order valence-corrected chi connectivity index (χ0v) is 16.5. The number of carbonyl (C=O) groups is 1. The van der Waals surface area contributed by atoms with Gasteiger partial charge in [0.1, 0.15) is 0 Å². The molecule has 2 N–H and O–H groups in total. The summed E-state index contributed by atoms with van der Waals surface area (Å²) in [5.74, 6) is -2.17. The van der Waals surface area contributed by atoms with Crippen LogP contribution in [-0.4, -0.2) is 27.9 Å². The van der Waals surface area contributed by atoms with Crippen LogP contribution in [0.2, 0.25) is 0 Å². The Balaban J connectivity index is 1.64. The molecule has 6 nitrogen and oxygen atoms in total. The predicted molar refractivity (Wildman–Crippen MR) is 107 cm³/mol. The lowest BCUT2D eigenvalue weighted by atomic mass is 9.85. The van der Waals surface area contributed by atoms with Gasteiger partial charge in [0, 0.05) is 17.5 Å². The van der Waals surface area contributed by atoms with Gasteiger partial charge in [0.2, 0.25) is 5.60 Å². The molecule has 3 aromatic rings. The van der Waals surface area contributed by atoms with Crippen LogP contribution in [0, 0.1) is 6.92 Å². The molecule has 0 radical (unpaired) electrons. The third-order valence-electron chi connectivity index (χ3n) is 5.80. The molecule has 162 valence electrons. The van der Waals surface area contributed by atoms with Crippen molar-refractivity contribution in [2.24, 2.45) is 0 Å². The van der Waals surface area contributed by atoms with Crippen LogP contribution in [0.3, 0.4) is 0 Å². The number of halogens is 3. The Morgan fingerprint density at radius 2 is 1.97 bits per heavy atom. The van der Waals surface area contributed by atoms with E-state index in [1.165, 1.54) is 18.2 Å². The molecule has 1 amide bonds. The van der Waals surface area contributed by atoms with E-state index >= 15 is 0 Å². The largest absolute Gasteiger partial charge is 0.426 e. The molecule has 1 aliphatic carbocycles. The second-order valence-electron chi connectivity index (χ2n) is 7.77. The van der Waals surface area contributed by atoms with Gasteiger partial charge in [-0.3, -0.25) is 4.79 Å². The minimum Gasteiger partial charge on any atom is -0.373 e. The molecule has 0 spiro atoms. The maximum atomic E-state index is 13.9. The normalized spacial score (nSPS) is 17.9. The van der Waals surface area contributed by atoms with Gasteiger partial charge in [0.25, 0.3) is 5.91 Å². The Morgan fingerprint density at radius 1 is 1.23 bits per heavy atom. The first-order chi connectivity index (χ1) is 14.6. The number of hydrogen-bond donors (Lipinski definition) is 2. The molecule has 0 aliphatic heterocycles. The standard InChI is InChI=1S/C22H19F3N2O4/c1-12-18-10-15(8-9-17(18)19(28)31-27-12)26-20(29)21(30,22(23,24)25)11-14-7-6-13-4-2-3-5-16(13)14/h2-5,8-10,14,30H,6-7,11H2,1H3,(H,26,29). The first kappa shape index (κ1) is 21.0. The van der Waals surface area contributed by atoms with E-state index < -0.39 is 35.6 Å². The summed E-state index contributed by atoms with van der Waals surface area (Å²) in [6.45, 7) is 1.56. The number of nitrogens with one attached hydrogen (secondary N) is 1. The quantitative estimate of drug-likeness (QED) is 0.654. The SMILES string of the molecule is Cc1noc(=O)c2ccc(NC(=O)C(O)(CC3CCc4ccccc43)C(F)(F)F)cc12. The Hall–Kier alpha value is -3.20. The Morgan fingerprint density at radius 3 is 2.71 bits per heavy atom. The number of aromatic nitrogens is 1. The number of benzene rings is 2. The highest BCUT2D eigenvalue weighted by Crippen LogP contribution is 2.44. The number of aliphatic hydroxyl groups is 1. The number of nitrogens with zero attached hydrogens (tertiary/aromatic N) is 1. The number of rotatable bonds is 4. The van der Waals surface area contributed by atoms with Crippen molar-refractivity contribution in [3.63, 3.8) is 0 Å². The molecule has 9 heteroatoms. The first-order valence-corrected chi connectivity index (χ1v) is 9.69. The van der Waals surface area contributed by atoms with Gasteiger partial charge in [-0.05, 0) is 55.0 Å². The summed E-state index contributed by atoms with van der Waals surface area (Å²) in [5, 5.41) is 16.8. The van der Waals surface area contributed by atoms with Gasteiger partial charge < -0.3 is 14.9 Å². The van der Waals surface area contributed by atoms with Crippen LogP contribution < -0.4 is 10.9 Å². The summed E-state index contributed by atoms with van der Waals surface area (Å²) in [6.07, 6.45) is -4.95. The molecule has 0 bridgehead atoms. The van der Waals surface area contributed by atoms with Crippen molar-refractivity contribution in [2.75, 3.05) is 5.32 Å². The molecular formula is C22H19F3N2O4. The zero-order chi connectivity index (χ0) is 22.4. The molecule has 0 saturated carbocycles. The Labute approximate surface area is 174 Å². The van der Waals surface area contributed by atoms with Crippen LogP contribution in [0.5, 0.6) is 0 Å². The van der Waals surface area contributed by atoms with Crippen LogP contribution >= 0.6 is 0 Å². The number of aryl methyl sites for hydroxylation is 2. The number of alkyl halides is 3. The van der Waals surface area contributed by atoms with Crippen molar-refractivity contribution < 1.29 is 27.6 Å². The van der Waals surface area contributed by atoms with E-state index in [-0.39, 0.29) is 11.1 Å². The molecule has 0 saturated heterocycles. The molecule has 31 heavy (non-hydrogen) atoms. The van der Waals surface area contributed by atoms with Crippen LogP contribution in [-0.2, 0) is 11.2 Å². The summed E-state index contributed by atoms with van der Waals surface area (Å²) in [5.41, 5.74) is -2.30. The summed E-state index contributed by atoms with van der Waals surface area (Å²) in [6, 6.07) is 11.0.